The lowest BCUT2D eigenvalue weighted by Crippen LogP contribution is -1.99. The minimum Gasteiger partial charge on any atom is -0.493 e. The summed E-state index contributed by atoms with van der Waals surface area (Å²) in [5.41, 5.74) is 5.62. The van der Waals surface area contributed by atoms with Crippen LogP contribution < -0.4 is 14.8 Å². The number of benzene rings is 3. The Morgan fingerprint density at radius 1 is 0.882 bits per heavy atom. The van der Waals surface area contributed by atoms with Gasteiger partial charge in [0, 0.05) is 34.2 Å². The standard InChI is InChI=1S/C27H23ClN4O2/c1-17-9-11-20(14-22(17)28)32-15-21(18-7-5-4-6-8-18)25-26(29-16-30-27(25)32)31-19-10-12-23(33-2)24(13-19)34-3/h4-16H,1-3H3,(H,29,30,31). The van der Waals surface area contributed by atoms with Gasteiger partial charge in [-0.05, 0) is 42.3 Å². The van der Waals surface area contributed by atoms with Crippen LogP contribution in [0.1, 0.15) is 5.56 Å². The minimum absolute atomic E-state index is 0.632. The van der Waals surface area contributed by atoms with Gasteiger partial charge in [0.25, 0.3) is 0 Å². The predicted octanol–water partition coefficient (Wildman–Crippen LogP) is 6.81. The molecule has 0 saturated carbocycles. The predicted molar refractivity (Wildman–Crippen MR) is 137 cm³/mol. The Hall–Kier alpha value is -4.03. The molecule has 34 heavy (non-hydrogen) atoms. The van der Waals surface area contributed by atoms with Gasteiger partial charge in [0.15, 0.2) is 17.1 Å². The van der Waals surface area contributed by atoms with Gasteiger partial charge in [-0.15, -0.1) is 0 Å². The van der Waals surface area contributed by atoms with Crippen LogP contribution in [0.5, 0.6) is 11.5 Å². The molecular weight excluding hydrogens is 448 g/mol. The number of methoxy groups -OCH3 is 2. The van der Waals surface area contributed by atoms with Gasteiger partial charge in [-0.2, -0.15) is 0 Å². The largest absolute Gasteiger partial charge is 0.493 e. The van der Waals surface area contributed by atoms with E-state index >= 15 is 0 Å². The number of hydrogen-bond donors (Lipinski definition) is 1. The third-order valence-electron chi connectivity index (χ3n) is 5.75. The molecule has 0 bridgehead atoms. The van der Waals surface area contributed by atoms with E-state index in [1.807, 2.05) is 66.1 Å². The van der Waals surface area contributed by atoms with Gasteiger partial charge in [0.1, 0.15) is 12.1 Å². The zero-order chi connectivity index (χ0) is 23.7. The number of aromatic nitrogens is 3. The average Bonchev–Trinajstić information content (AvgIpc) is 3.27. The van der Waals surface area contributed by atoms with E-state index in [9.17, 15) is 0 Å². The average molecular weight is 471 g/mol. The van der Waals surface area contributed by atoms with E-state index in [4.69, 9.17) is 21.1 Å². The first-order valence-electron chi connectivity index (χ1n) is 10.8. The molecule has 1 N–H and O–H groups in total. The highest BCUT2D eigenvalue weighted by molar-refractivity contribution is 6.31. The maximum absolute atomic E-state index is 6.45. The Bertz CT molecular complexity index is 1480. The lowest BCUT2D eigenvalue weighted by atomic mass is 10.1. The maximum Gasteiger partial charge on any atom is 0.162 e. The van der Waals surface area contributed by atoms with E-state index in [1.54, 1.807) is 20.5 Å². The quantitative estimate of drug-likeness (QED) is 0.295. The Morgan fingerprint density at radius 2 is 1.68 bits per heavy atom. The molecule has 0 saturated heterocycles. The minimum atomic E-state index is 0.632. The molecule has 0 unspecified atom stereocenters. The Kier molecular flexibility index (Phi) is 5.82. The fraction of sp³-hybridized carbons (Fsp3) is 0.111. The number of nitrogens with zero attached hydrogens (tertiary/aromatic N) is 3. The van der Waals surface area contributed by atoms with Crippen LogP contribution in [-0.4, -0.2) is 28.8 Å². The van der Waals surface area contributed by atoms with Crippen molar-refractivity contribution in [3.05, 3.63) is 89.8 Å². The molecule has 5 rings (SSSR count). The smallest absolute Gasteiger partial charge is 0.162 e. The number of aryl methyl sites for hydroxylation is 1. The van der Waals surface area contributed by atoms with Crippen LogP contribution in [0, 0.1) is 6.92 Å². The summed E-state index contributed by atoms with van der Waals surface area (Å²) < 4.78 is 12.9. The molecule has 0 aliphatic rings. The van der Waals surface area contributed by atoms with Gasteiger partial charge in [-0.3, -0.25) is 0 Å². The highest BCUT2D eigenvalue weighted by Crippen LogP contribution is 2.38. The number of rotatable bonds is 6. The van der Waals surface area contributed by atoms with E-state index in [0.29, 0.717) is 22.3 Å². The maximum atomic E-state index is 6.45. The van der Waals surface area contributed by atoms with Gasteiger partial charge >= 0.3 is 0 Å². The summed E-state index contributed by atoms with van der Waals surface area (Å²) in [4.78, 5) is 9.23. The Balaban J connectivity index is 1.71. The molecule has 6 nitrogen and oxygen atoms in total. The van der Waals surface area contributed by atoms with Crippen molar-refractivity contribution < 1.29 is 9.47 Å². The fourth-order valence-electron chi connectivity index (χ4n) is 3.97. The first kappa shape index (κ1) is 21.8. The van der Waals surface area contributed by atoms with Crippen molar-refractivity contribution >= 4 is 34.1 Å². The van der Waals surface area contributed by atoms with Gasteiger partial charge in [-0.25, -0.2) is 9.97 Å². The molecule has 0 radical (unpaired) electrons. The van der Waals surface area contributed by atoms with Crippen LogP contribution in [0.15, 0.2) is 79.3 Å². The number of anilines is 2. The first-order chi connectivity index (χ1) is 16.6. The van der Waals surface area contributed by atoms with E-state index < -0.39 is 0 Å². The molecule has 2 heterocycles. The zero-order valence-electron chi connectivity index (χ0n) is 19.0. The van der Waals surface area contributed by atoms with Crippen molar-refractivity contribution in [2.24, 2.45) is 0 Å². The number of nitrogens with one attached hydrogen (secondary N) is 1. The van der Waals surface area contributed by atoms with Crippen LogP contribution in [-0.2, 0) is 0 Å². The monoisotopic (exact) mass is 470 g/mol. The third kappa shape index (κ3) is 3.93. The second-order valence-corrected chi connectivity index (χ2v) is 8.24. The second kappa shape index (κ2) is 9.08. The van der Waals surface area contributed by atoms with Crippen molar-refractivity contribution in [1.82, 2.24) is 14.5 Å². The number of fused-ring (bicyclic) bond motifs is 1. The molecular formula is C27H23ClN4O2. The van der Waals surface area contributed by atoms with Crippen LogP contribution in [0.2, 0.25) is 5.02 Å². The van der Waals surface area contributed by atoms with Gasteiger partial charge in [-0.1, -0.05) is 48.0 Å². The molecule has 0 atom stereocenters. The highest BCUT2D eigenvalue weighted by atomic mass is 35.5. The highest BCUT2D eigenvalue weighted by Gasteiger charge is 2.18. The molecule has 0 amide bonds. The van der Waals surface area contributed by atoms with Crippen molar-refractivity contribution in [2.75, 3.05) is 19.5 Å². The molecule has 170 valence electrons. The fourth-order valence-corrected chi connectivity index (χ4v) is 4.15. The van der Waals surface area contributed by atoms with Crippen molar-refractivity contribution in [2.45, 2.75) is 6.92 Å². The van der Waals surface area contributed by atoms with Crippen LogP contribution in [0.25, 0.3) is 27.8 Å². The third-order valence-corrected chi connectivity index (χ3v) is 6.15. The summed E-state index contributed by atoms with van der Waals surface area (Å²) in [6.07, 6.45) is 3.64. The lowest BCUT2D eigenvalue weighted by molar-refractivity contribution is 0.355. The van der Waals surface area contributed by atoms with Crippen molar-refractivity contribution in [3.8, 4) is 28.3 Å². The molecule has 0 spiro atoms. The molecule has 3 aromatic carbocycles. The summed E-state index contributed by atoms with van der Waals surface area (Å²) in [5, 5.41) is 5.05. The molecule has 0 aliphatic heterocycles. The molecule has 0 fully saturated rings. The van der Waals surface area contributed by atoms with E-state index in [2.05, 4.69) is 33.6 Å². The summed E-state index contributed by atoms with van der Waals surface area (Å²) >= 11 is 6.45. The number of halogens is 1. The topological polar surface area (TPSA) is 61.2 Å². The van der Waals surface area contributed by atoms with E-state index in [1.165, 1.54) is 0 Å². The Morgan fingerprint density at radius 3 is 2.41 bits per heavy atom. The van der Waals surface area contributed by atoms with Crippen molar-refractivity contribution in [1.29, 1.82) is 0 Å². The number of hydrogen-bond acceptors (Lipinski definition) is 5. The first-order valence-corrected chi connectivity index (χ1v) is 11.1. The van der Waals surface area contributed by atoms with E-state index in [0.717, 1.165) is 39.1 Å². The second-order valence-electron chi connectivity index (χ2n) is 7.83. The van der Waals surface area contributed by atoms with E-state index in [-0.39, 0.29) is 0 Å². The van der Waals surface area contributed by atoms with Gasteiger partial charge in [0.2, 0.25) is 0 Å². The zero-order valence-corrected chi connectivity index (χ0v) is 19.8. The van der Waals surface area contributed by atoms with Gasteiger partial charge in [0.05, 0.1) is 19.6 Å². The van der Waals surface area contributed by atoms with Crippen molar-refractivity contribution in [3.63, 3.8) is 0 Å². The molecule has 2 aromatic heterocycles. The van der Waals surface area contributed by atoms with Crippen LogP contribution in [0.3, 0.4) is 0 Å². The number of ether oxygens (including phenoxy) is 2. The molecule has 0 aliphatic carbocycles. The lowest BCUT2D eigenvalue weighted by Gasteiger charge is -2.12. The van der Waals surface area contributed by atoms with Crippen LogP contribution >= 0.6 is 11.6 Å². The summed E-state index contributed by atoms with van der Waals surface area (Å²) in [5.74, 6) is 1.98. The SMILES string of the molecule is COc1ccc(Nc2ncnc3c2c(-c2ccccc2)cn3-c2ccc(C)c(Cl)c2)cc1OC. The van der Waals surface area contributed by atoms with Crippen LogP contribution in [0.4, 0.5) is 11.5 Å². The summed E-state index contributed by atoms with van der Waals surface area (Å²) in [6.45, 7) is 1.99. The summed E-state index contributed by atoms with van der Waals surface area (Å²) in [6, 6.07) is 21.9. The molecule has 7 heteroatoms. The molecule has 5 aromatic rings. The van der Waals surface area contributed by atoms with Gasteiger partial charge < -0.3 is 19.4 Å². The Labute approximate surface area is 202 Å². The normalized spacial score (nSPS) is 10.9. The summed E-state index contributed by atoms with van der Waals surface area (Å²) in [7, 11) is 3.23.